The SMILES string of the molecule is Cc1ccoc1C(=O)N1CCC(CC(=O)O)CC1. The number of hydrogen-bond donors (Lipinski definition) is 1. The Kier molecular flexibility index (Phi) is 3.69. The Morgan fingerprint density at radius 1 is 1.44 bits per heavy atom. The lowest BCUT2D eigenvalue weighted by atomic mass is 9.93. The molecule has 1 amide bonds. The zero-order chi connectivity index (χ0) is 13.1. The Hall–Kier alpha value is -1.78. The summed E-state index contributed by atoms with van der Waals surface area (Å²) < 4.78 is 5.19. The standard InChI is InChI=1S/C13H17NO4/c1-9-4-7-18-12(9)13(17)14-5-2-10(3-6-14)8-11(15)16/h4,7,10H,2-3,5-6,8H2,1H3,(H,15,16). The first-order valence-electron chi connectivity index (χ1n) is 6.13. The van der Waals surface area contributed by atoms with E-state index in [1.807, 2.05) is 6.92 Å². The minimum Gasteiger partial charge on any atom is -0.481 e. The van der Waals surface area contributed by atoms with Gasteiger partial charge in [0, 0.05) is 25.1 Å². The van der Waals surface area contributed by atoms with Crippen LogP contribution in [0.2, 0.25) is 0 Å². The van der Waals surface area contributed by atoms with Crippen molar-refractivity contribution in [2.75, 3.05) is 13.1 Å². The summed E-state index contributed by atoms with van der Waals surface area (Å²) in [6, 6.07) is 1.77. The average molecular weight is 251 g/mol. The van der Waals surface area contributed by atoms with Gasteiger partial charge < -0.3 is 14.4 Å². The molecule has 1 saturated heterocycles. The Morgan fingerprint density at radius 3 is 2.61 bits per heavy atom. The Morgan fingerprint density at radius 2 is 2.11 bits per heavy atom. The molecule has 5 nitrogen and oxygen atoms in total. The first kappa shape index (κ1) is 12.7. The van der Waals surface area contributed by atoms with E-state index in [1.54, 1.807) is 11.0 Å². The molecule has 0 radical (unpaired) electrons. The molecule has 98 valence electrons. The maximum absolute atomic E-state index is 12.1. The first-order chi connectivity index (χ1) is 8.58. The van der Waals surface area contributed by atoms with E-state index in [9.17, 15) is 9.59 Å². The Bertz CT molecular complexity index is 444. The number of carbonyl (C=O) groups excluding carboxylic acids is 1. The summed E-state index contributed by atoms with van der Waals surface area (Å²) in [5.41, 5.74) is 0.840. The molecular formula is C13H17NO4. The van der Waals surface area contributed by atoms with Crippen molar-refractivity contribution in [3.63, 3.8) is 0 Å². The fraction of sp³-hybridized carbons (Fsp3) is 0.538. The van der Waals surface area contributed by atoms with E-state index in [0.29, 0.717) is 18.8 Å². The summed E-state index contributed by atoms with van der Waals surface area (Å²) in [5.74, 6) is -0.274. The molecule has 2 heterocycles. The third kappa shape index (κ3) is 2.72. The zero-order valence-corrected chi connectivity index (χ0v) is 10.4. The molecule has 5 heteroatoms. The molecule has 0 aliphatic carbocycles. The fourth-order valence-corrected chi connectivity index (χ4v) is 2.32. The first-order valence-corrected chi connectivity index (χ1v) is 6.13. The summed E-state index contributed by atoms with van der Waals surface area (Å²) in [6.45, 7) is 3.06. The molecule has 1 aromatic heterocycles. The predicted molar refractivity (Wildman–Crippen MR) is 64.3 cm³/mol. The molecule has 2 rings (SSSR count). The van der Waals surface area contributed by atoms with Crippen LogP contribution in [0.1, 0.15) is 35.4 Å². The number of amides is 1. The number of piperidine rings is 1. The van der Waals surface area contributed by atoms with Crippen LogP contribution < -0.4 is 0 Å². The number of rotatable bonds is 3. The lowest BCUT2D eigenvalue weighted by molar-refractivity contribution is -0.138. The number of carbonyl (C=O) groups is 2. The summed E-state index contributed by atoms with van der Waals surface area (Å²) >= 11 is 0. The number of carboxylic acids is 1. The van der Waals surface area contributed by atoms with Gasteiger partial charge in [-0.15, -0.1) is 0 Å². The number of furan rings is 1. The smallest absolute Gasteiger partial charge is 0.303 e. The van der Waals surface area contributed by atoms with E-state index in [1.165, 1.54) is 6.26 Å². The lowest BCUT2D eigenvalue weighted by Crippen LogP contribution is -2.39. The van der Waals surface area contributed by atoms with Gasteiger partial charge in [-0.3, -0.25) is 9.59 Å². The Labute approximate surface area is 105 Å². The maximum Gasteiger partial charge on any atom is 0.303 e. The van der Waals surface area contributed by atoms with Crippen molar-refractivity contribution in [3.8, 4) is 0 Å². The van der Waals surface area contributed by atoms with Gasteiger partial charge in [0.15, 0.2) is 5.76 Å². The Balaban J connectivity index is 1.92. The quantitative estimate of drug-likeness (QED) is 0.890. The van der Waals surface area contributed by atoms with Crippen LogP contribution in [0.4, 0.5) is 0 Å². The van der Waals surface area contributed by atoms with Gasteiger partial charge in [0.2, 0.25) is 0 Å². The summed E-state index contributed by atoms with van der Waals surface area (Å²) in [6.07, 6.45) is 3.21. The monoisotopic (exact) mass is 251 g/mol. The molecule has 0 unspecified atom stereocenters. The average Bonchev–Trinajstić information content (AvgIpc) is 2.75. The van der Waals surface area contributed by atoms with Crippen LogP contribution >= 0.6 is 0 Å². The minimum atomic E-state index is -0.762. The van der Waals surface area contributed by atoms with E-state index in [-0.39, 0.29) is 18.2 Å². The van der Waals surface area contributed by atoms with Gasteiger partial charge in [-0.1, -0.05) is 0 Å². The van der Waals surface area contributed by atoms with Crippen LogP contribution in [0.15, 0.2) is 16.7 Å². The highest BCUT2D eigenvalue weighted by Gasteiger charge is 2.26. The van der Waals surface area contributed by atoms with Crippen molar-refractivity contribution in [1.82, 2.24) is 4.90 Å². The van der Waals surface area contributed by atoms with Crippen molar-refractivity contribution in [2.24, 2.45) is 5.92 Å². The molecule has 1 aliphatic rings. The van der Waals surface area contributed by atoms with Crippen LogP contribution in [0.5, 0.6) is 0 Å². The lowest BCUT2D eigenvalue weighted by Gasteiger charge is -2.30. The molecule has 0 spiro atoms. The van der Waals surface area contributed by atoms with E-state index < -0.39 is 5.97 Å². The zero-order valence-electron chi connectivity index (χ0n) is 10.4. The van der Waals surface area contributed by atoms with E-state index in [0.717, 1.165) is 18.4 Å². The second kappa shape index (κ2) is 5.25. The van der Waals surface area contributed by atoms with Crippen molar-refractivity contribution >= 4 is 11.9 Å². The van der Waals surface area contributed by atoms with Gasteiger partial charge in [-0.2, -0.15) is 0 Å². The van der Waals surface area contributed by atoms with Gasteiger partial charge in [-0.05, 0) is 31.7 Å². The molecule has 0 aromatic carbocycles. The van der Waals surface area contributed by atoms with Gasteiger partial charge in [-0.25, -0.2) is 0 Å². The van der Waals surface area contributed by atoms with Crippen LogP contribution in [-0.2, 0) is 4.79 Å². The van der Waals surface area contributed by atoms with Crippen LogP contribution in [0.25, 0.3) is 0 Å². The highest BCUT2D eigenvalue weighted by molar-refractivity contribution is 5.92. The highest BCUT2D eigenvalue weighted by Crippen LogP contribution is 2.22. The molecule has 1 fully saturated rings. The van der Waals surface area contributed by atoms with E-state index >= 15 is 0 Å². The van der Waals surface area contributed by atoms with Gasteiger partial charge in [0.25, 0.3) is 5.91 Å². The van der Waals surface area contributed by atoms with Crippen LogP contribution in [0.3, 0.4) is 0 Å². The molecule has 0 bridgehead atoms. The molecule has 18 heavy (non-hydrogen) atoms. The molecule has 1 N–H and O–H groups in total. The second-order valence-corrected chi connectivity index (χ2v) is 4.77. The number of carboxylic acid groups (broad SMARTS) is 1. The molecule has 1 aliphatic heterocycles. The number of nitrogens with zero attached hydrogens (tertiary/aromatic N) is 1. The number of aliphatic carboxylic acids is 1. The van der Waals surface area contributed by atoms with Crippen LogP contribution in [-0.4, -0.2) is 35.0 Å². The molecule has 0 saturated carbocycles. The van der Waals surface area contributed by atoms with Gasteiger partial charge >= 0.3 is 5.97 Å². The third-order valence-electron chi connectivity index (χ3n) is 3.42. The topological polar surface area (TPSA) is 70.8 Å². The normalized spacial score (nSPS) is 16.8. The van der Waals surface area contributed by atoms with Crippen LogP contribution in [0, 0.1) is 12.8 Å². The third-order valence-corrected chi connectivity index (χ3v) is 3.42. The number of hydrogen-bond acceptors (Lipinski definition) is 3. The fourth-order valence-electron chi connectivity index (χ4n) is 2.32. The number of likely N-dealkylation sites (tertiary alicyclic amines) is 1. The molecule has 0 atom stereocenters. The van der Waals surface area contributed by atoms with E-state index in [4.69, 9.17) is 9.52 Å². The minimum absolute atomic E-state index is 0.0914. The maximum atomic E-state index is 12.1. The summed E-state index contributed by atoms with van der Waals surface area (Å²) in [5, 5.41) is 8.73. The molecule has 1 aromatic rings. The van der Waals surface area contributed by atoms with Gasteiger partial charge in [0.1, 0.15) is 0 Å². The predicted octanol–water partition coefficient (Wildman–Crippen LogP) is 1.91. The second-order valence-electron chi connectivity index (χ2n) is 4.77. The summed E-state index contributed by atoms with van der Waals surface area (Å²) in [7, 11) is 0. The van der Waals surface area contributed by atoms with Crippen molar-refractivity contribution < 1.29 is 19.1 Å². The summed E-state index contributed by atoms with van der Waals surface area (Å²) in [4.78, 5) is 24.5. The van der Waals surface area contributed by atoms with Gasteiger partial charge in [0.05, 0.1) is 6.26 Å². The van der Waals surface area contributed by atoms with E-state index in [2.05, 4.69) is 0 Å². The van der Waals surface area contributed by atoms with Crippen molar-refractivity contribution in [1.29, 1.82) is 0 Å². The van der Waals surface area contributed by atoms with Crippen molar-refractivity contribution in [3.05, 3.63) is 23.7 Å². The number of aryl methyl sites for hydroxylation is 1. The highest BCUT2D eigenvalue weighted by atomic mass is 16.4. The molecular weight excluding hydrogens is 234 g/mol. The van der Waals surface area contributed by atoms with Crippen molar-refractivity contribution in [2.45, 2.75) is 26.2 Å². The largest absolute Gasteiger partial charge is 0.481 e.